The first-order chi connectivity index (χ1) is 12.2. The third kappa shape index (κ3) is 3.05. The Bertz CT molecular complexity index is 787. The first kappa shape index (κ1) is 15.6. The van der Waals surface area contributed by atoms with Crippen molar-refractivity contribution in [3.05, 3.63) is 48.3 Å². The number of rotatable bonds is 3. The third-order valence-electron chi connectivity index (χ3n) is 4.76. The lowest BCUT2D eigenvalue weighted by molar-refractivity contribution is -0.133. The van der Waals surface area contributed by atoms with E-state index in [1.54, 1.807) is 18.5 Å². The van der Waals surface area contributed by atoms with Crippen molar-refractivity contribution in [2.45, 2.75) is 12.3 Å². The van der Waals surface area contributed by atoms with Crippen LogP contribution in [-0.2, 0) is 9.59 Å². The Hall–Kier alpha value is -2.96. The number of anilines is 2. The molecule has 0 radical (unpaired) electrons. The summed E-state index contributed by atoms with van der Waals surface area (Å²) in [6.45, 7) is 2.63. The first-order valence-electron chi connectivity index (χ1n) is 8.42. The van der Waals surface area contributed by atoms with E-state index in [4.69, 9.17) is 0 Å². The summed E-state index contributed by atoms with van der Waals surface area (Å²) in [5.74, 6) is 0.231. The minimum absolute atomic E-state index is 0.0190. The van der Waals surface area contributed by atoms with Crippen molar-refractivity contribution in [2.75, 3.05) is 36.4 Å². The summed E-state index contributed by atoms with van der Waals surface area (Å²) in [6.07, 6.45) is 3.65. The van der Waals surface area contributed by atoms with Crippen molar-refractivity contribution in [3.8, 4) is 0 Å². The van der Waals surface area contributed by atoms with Gasteiger partial charge in [0.2, 0.25) is 17.8 Å². The van der Waals surface area contributed by atoms with Crippen LogP contribution in [0.5, 0.6) is 0 Å². The summed E-state index contributed by atoms with van der Waals surface area (Å²) in [4.78, 5) is 37.2. The van der Waals surface area contributed by atoms with Crippen LogP contribution in [0.4, 0.5) is 11.6 Å². The topological polar surface area (TPSA) is 78.4 Å². The van der Waals surface area contributed by atoms with E-state index in [0.29, 0.717) is 32.1 Å². The van der Waals surface area contributed by atoms with Crippen molar-refractivity contribution in [2.24, 2.45) is 0 Å². The number of hydrogen-bond acceptors (Lipinski definition) is 5. The first-order valence-corrected chi connectivity index (χ1v) is 8.42. The predicted octanol–water partition coefficient (Wildman–Crippen LogP) is 1.25. The number of carbonyl (C=O) groups excluding carboxylic acids is 2. The second-order valence-electron chi connectivity index (χ2n) is 6.25. The van der Waals surface area contributed by atoms with Gasteiger partial charge in [-0.05, 0) is 17.7 Å². The summed E-state index contributed by atoms with van der Waals surface area (Å²) in [7, 11) is 0. The highest BCUT2D eigenvalue weighted by atomic mass is 16.2. The maximum Gasteiger partial charge on any atom is 0.232 e. The van der Waals surface area contributed by atoms with E-state index in [0.717, 1.165) is 11.3 Å². The second-order valence-corrected chi connectivity index (χ2v) is 6.25. The maximum atomic E-state index is 12.6. The fourth-order valence-electron chi connectivity index (χ4n) is 3.39. The van der Waals surface area contributed by atoms with Crippen molar-refractivity contribution < 1.29 is 9.59 Å². The SMILES string of the molecule is O=C1Nc2ccccc2[C@H]1CC(=O)N1CCN(c2ncccn2)CC1. The van der Waals surface area contributed by atoms with Crippen LogP contribution in [0.2, 0.25) is 0 Å². The van der Waals surface area contributed by atoms with Crippen LogP contribution < -0.4 is 10.2 Å². The highest BCUT2D eigenvalue weighted by molar-refractivity contribution is 6.04. The molecule has 7 heteroatoms. The summed E-state index contributed by atoms with van der Waals surface area (Å²) in [5.41, 5.74) is 1.73. The monoisotopic (exact) mass is 337 g/mol. The van der Waals surface area contributed by atoms with Crippen LogP contribution in [0.15, 0.2) is 42.7 Å². The zero-order valence-electron chi connectivity index (χ0n) is 13.8. The molecule has 1 aromatic carbocycles. The van der Waals surface area contributed by atoms with E-state index in [1.807, 2.05) is 29.2 Å². The Labute approximate surface area is 145 Å². The zero-order chi connectivity index (χ0) is 17.2. The molecule has 2 aromatic rings. The van der Waals surface area contributed by atoms with E-state index >= 15 is 0 Å². The van der Waals surface area contributed by atoms with Crippen LogP contribution in [0, 0.1) is 0 Å². The van der Waals surface area contributed by atoms with Crippen molar-refractivity contribution in [1.29, 1.82) is 0 Å². The number of nitrogens with one attached hydrogen (secondary N) is 1. The minimum atomic E-state index is -0.390. The molecular formula is C18H19N5O2. The summed E-state index contributed by atoms with van der Waals surface area (Å²) < 4.78 is 0. The van der Waals surface area contributed by atoms with Crippen LogP contribution in [0.25, 0.3) is 0 Å². The van der Waals surface area contributed by atoms with E-state index in [-0.39, 0.29) is 24.2 Å². The van der Waals surface area contributed by atoms with Gasteiger partial charge >= 0.3 is 0 Å². The van der Waals surface area contributed by atoms with Crippen LogP contribution in [0.1, 0.15) is 17.9 Å². The molecule has 25 heavy (non-hydrogen) atoms. The van der Waals surface area contributed by atoms with Gasteiger partial charge in [-0.15, -0.1) is 0 Å². The van der Waals surface area contributed by atoms with Gasteiger partial charge in [-0.3, -0.25) is 9.59 Å². The molecule has 2 aliphatic rings. The Morgan fingerprint density at radius 3 is 2.56 bits per heavy atom. The molecule has 128 valence electrons. The molecule has 0 bridgehead atoms. The fraction of sp³-hybridized carbons (Fsp3) is 0.333. The number of para-hydroxylation sites is 1. The molecule has 2 aliphatic heterocycles. The highest BCUT2D eigenvalue weighted by Gasteiger charge is 2.34. The van der Waals surface area contributed by atoms with Gasteiger partial charge in [-0.25, -0.2) is 9.97 Å². The van der Waals surface area contributed by atoms with Crippen LogP contribution in [-0.4, -0.2) is 52.9 Å². The van der Waals surface area contributed by atoms with E-state index < -0.39 is 0 Å². The van der Waals surface area contributed by atoms with Gasteiger partial charge in [-0.2, -0.15) is 0 Å². The second kappa shape index (κ2) is 6.51. The third-order valence-corrected chi connectivity index (χ3v) is 4.76. The minimum Gasteiger partial charge on any atom is -0.339 e. The van der Waals surface area contributed by atoms with Crippen molar-refractivity contribution in [1.82, 2.24) is 14.9 Å². The molecule has 0 aliphatic carbocycles. The molecule has 1 fully saturated rings. The molecular weight excluding hydrogens is 318 g/mol. The Kier molecular flexibility index (Phi) is 4.05. The van der Waals surface area contributed by atoms with E-state index in [1.165, 1.54) is 0 Å². The molecule has 2 amide bonds. The largest absolute Gasteiger partial charge is 0.339 e. The standard InChI is InChI=1S/C18H19N5O2/c24-16(12-14-13-4-1-2-5-15(13)21-17(14)25)22-8-10-23(11-9-22)18-19-6-3-7-20-18/h1-7,14H,8-12H2,(H,21,25)/t14-/m1/s1. The highest BCUT2D eigenvalue weighted by Crippen LogP contribution is 2.34. The molecule has 4 rings (SSSR count). The number of carbonyl (C=O) groups is 2. The molecule has 1 atom stereocenters. The van der Waals surface area contributed by atoms with Gasteiger partial charge in [0.1, 0.15) is 0 Å². The van der Waals surface area contributed by atoms with Gasteiger partial charge in [0, 0.05) is 50.7 Å². The Morgan fingerprint density at radius 1 is 1.08 bits per heavy atom. The lowest BCUT2D eigenvalue weighted by atomic mass is 9.96. The lowest BCUT2D eigenvalue weighted by Crippen LogP contribution is -2.49. The lowest BCUT2D eigenvalue weighted by Gasteiger charge is -2.35. The quantitative estimate of drug-likeness (QED) is 0.912. The Balaban J connectivity index is 1.38. The van der Waals surface area contributed by atoms with E-state index in [2.05, 4.69) is 20.2 Å². The molecule has 1 N–H and O–H groups in total. The number of piperazine rings is 1. The molecule has 0 spiro atoms. The average Bonchev–Trinajstić information content (AvgIpc) is 2.98. The number of aromatic nitrogens is 2. The molecule has 0 saturated carbocycles. The number of benzene rings is 1. The molecule has 1 aromatic heterocycles. The molecule has 3 heterocycles. The van der Waals surface area contributed by atoms with Crippen LogP contribution in [0.3, 0.4) is 0 Å². The van der Waals surface area contributed by atoms with Crippen molar-refractivity contribution >= 4 is 23.5 Å². The zero-order valence-corrected chi connectivity index (χ0v) is 13.8. The Morgan fingerprint density at radius 2 is 1.80 bits per heavy atom. The molecule has 1 saturated heterocycles. The van der Waals surface area contributed by atoms with Crippen LogP contribution >= 0.6 is 0 Å². The molecule has 0 unspecified atom stereocenters. The van der Waals surface area contributed by atoms with Gasteiger partial charge in [0.15, 0.2) is 0 Å². The average molecular weight is 337 g/mol. The number of nitrogens with zero attached hydrogens (tertiary/aromatic N) is 4. The fourth-order valence-corrected chi connectivity index (χ4v) is 3.39. The summed E-state index contributed by atoms with van der Waals surface area (Å²) in [6, 6.07) is 9.35. The summed E-state index contributed by atoms with van der Waals surface area (Å²) in [5, 5.41) is 2.85. The molecule has 7 nitrogen and oxygen atoms in total. The number of hydrogen-bond donors (Lipinski definition) is 1. The van der Waals surface area contributed by atoms with Gasteiger partial charge in [0.05, 0.1) is 5.92 Å². The number of amides is 2. The van der Waals surface area contributed by atoms with Gasteiger partial charge < -0.3 is 15.1 Å². The van der Waals surface area contributed by atoms with Gasteiger partial charge in [0.25, 0.3) is 0 Å². The normalized spacial score (nSPS) is 19.5. The summed E-state index contributed by atoms with van der Waals surface area (Å²) >= 11 is 0. The van der Waals surface area contributed by atoms with Gasteiger partial charge in [-0.1, -0.05) is 18.2 Å². The number of fused-ring (bicyclic) bond motifs is 1. The maximum absolute atomic E-state index is 12.6. The van der Waals surface area contributed by atoms with E-state index in [9.17, 15) is 9.59 Å². The van der Waals surface area contributed by atoms with Crippen molar-refractivity contribution in [3.63, 3.8) is 0 Å². The smallest absolute Gasteiger partial charge is 0.232 e. The predicted molar refractivity (Wildman–Crippen MR) is 93.3 cm³/mol.